The Bertz CT molecular complexity index is 756. The van der Waals surface area contributed by atoms with Gasteiger partial charge in [0.05, 0.1) is 5.69 Å². The predicted molar refractivity (Wildman–Crippen MR) is 83.6 cm³/mol. The van der Waals surface area contributed by atoms with Gasteiger partial charge in [-0.25, -0.2) is 0 Å². The summed E-state index contributed by atoms with van der Waals surface area (Å²) in [4.78, 5) is 0. The van der Waals surface area contributed by atoms with Crippen molar-refractivity contribution in [3.63, 3.8) is 0 Å². The van der Waals surface area contributed by atoms with Crippen LogP contribution in [-0.4, -0.2) is 10.2 Å². The van der Waals surface area contributed by atoms with Crippen molar-refractivity contribution in [3.05, 3.63) is 59.8 Å². The van der Waals surface area contributed by atoms with Crippen LogP contribution < -0.4 is 5.32 Å². The number of aryl methyl sites for hydroxylation is 1. The molecule has 20 heavy (non-hydrogen) atoms. The number of hydrogen-bond acceptors (Lipinski definition) is 3. The average molecular weight is 284 g/mol. The molecule has 4 heteroatoms. The van der Waals surface area contributed by atoms with Gasteiger partial charge in [0, 0.05) is 22.3 Å². The van der Waals surface area contributed by atoms with Gasteiger partial charge in [-0.1, -0.05) is 36.4 Å². The molecule has 3 rings (SSSR count). The standard InChI is InChI=1S/C16H14ClN3/c1-11-14-7-2-3-8-15(14)16(20-19-11)18-13-6-4-5-12(9-13)10-17/h2-9H,10H2,1H3,(H,18,20). The van der Waals surface area contributed by atoms with Gasteiger partial charge in [-0.05, 0) is 24.6 Å². The summed E-state index contributed by atoms with van der Waals surface area (Å²) < 4.78 is 0. The van der Waals surface area contributed by atoms with Gasteiger partial charge in [0.25, 0.3) is 0 Å². The predicted octanol–water partition coefficient (Wildman–Crippen LogP) is 4.42. The van der Waals surface area contributed by atoms with Crippen molar-refractivity contribution >= 4 is 33.9 Å². The number of benzene rings is 2. The number of anilines is 2. The van der Waals surface area contributed by atoms with Crippen LogP contribution in [0.15, 0.2) is 48.5 Å². The Balaban J connectivity index is 2.04. The van der Waals surface area contributed by atoms with Crippen molar-refractivity contribution in [2.75, 3.05) is 5.32 Å². The lowest BCUT2D eigenvalue weighted by atomic mass is 10.1. The fraction of sp³-hybridized carbons (Fsp3) is 0.125. The van der Waals surface area contributed by atoms with E-state index in [0.29, 0.717) is 5.88 Å². The SMILES string of the molecule is Cc1nnc(Nc2cccc(CCl)c2)c2ccccc12. The summed E-state index contributed by atoms with van der Waals surface area (Å²) in [5, 5.41) is 14.0. The normalized spacial score (nSPS) is 10.7. The maximum Gasteiger partial charge on any atom is 0.160 e. The number of nitrogens with one attached hydrogen (secondary N) is 1. The van der Waals surface area contributed by atoms with Crippen LogP contribution in [0, 0.1) is 6.92 Å². The first-order valence-corrected chi connectivity index (χ1v) is 6.95. The summed E-state index contributed by atoms with van der Waals surface area (Å²) in [6, 6.07) is 16.1. The quantitative estimate of drug-likeness (QED) is 0.723. The topological polar surface area (TPSA) is 37.8 Å². The van der Waals surface area contributed by atoms with Gasteiger partial charge in [-0.15, -0.1) is 16.7 Å². The molecule has 100 valence electrons. The highest BCUT2D eigenvalue weighted by atomic mass is 35.5. The van der Waals surface area contributed by atoms with Crippen LogP contribution in [0.3, 0.4) is 0 Å². The lowest BCUT2D eigenvalue weighted by Gasteiger charge is -2.10. The molecule has 1 N–H and O–H groups in total. The number of aromatic nitrogens is 2. The summed E-state index contributed by atoms with van der Waals surface area (Å²) in [6.07, 6.45) is 0. The first kappa shape index (κ1) is 12.9. The molecule has 3 aromatic rings. The number of hydrogen-bond donors (Lipinski definition) is 1. The second kappa shape index (κ2) is 5.47. The highest BCUT2D eigenvalue weighted by Crippen LogP contribution is 2.25. The Morgan fingerprint density at radius 2 is 1.80 bits per heavy atom. The van der Waals surface area contributed by atoms with Crippen molar-refractivity contribution in [1.82, 2.24) is 10.2 Å². The summed E-state index contributed by atoms with van der Waals surface area (Å²) in [5.41, 5.74) is 2.97. The number of nitrogens with zero attached hydrogens (tertiary/aromatic N) is 2. The second-order valence-electron chi connectivity index (χ2n) is 4.64. The van der Waals surface area contributed by atoms with Gasteiger partial charge >= 0.3 is 0 Å². The zero-order valence-corrected chi connectivity index (χ0v) is 11.9. The monoisotopic (exact) mass is 283 g/mol. The Hall–Kier alpha value is -2.13. The van der Waals surface area contributed by atoms with E-state index in [-0.39, 0.29) is 0 Å². The minimum absolute atomic E-state index is 0.496. The highest BCUT2D eigenvalue weighted by molar-refractivity contribution is 6.17. The molecule has 0 radical (unpaired) electrons. The van der Waals surface area contributed by atoms with E-state index in [1.54, 1.807) is 0 Å². The molecule has 0 aliphatic rings. The van der Waals surface area contributed by atoms with Gasteiger partial charge in [0.2, 0.25) is 0 Å². The second-order valence-corrected chi connectivity index (χ2v) is 4.91. The molecule has 0 unspecified atom stereocenters. The lowest BCUT2D eigenvalue weighted by Crippen LogP contribution is -1.99. The molecular formula is C16H14ClN3. The van der Waals surface area contributed by atoms with Gasteiger partial charge < -0.3 is 5.32 Å². The number of halogens is 1. The number of rotatable bonds is 3. The summed E-state index contributed by atoms with van der Waals surface area (Å²) in [5.74, 6) is 1.26. The van der Waals surface area contributed by atoms with Crippen molar-refractivity contribution in [2.45, 2.75) is 12.8 Å². The van der Waals surface area contributed by atoms with Crippen molar-refractivity contribution in [3.8, 4) is 0 Å². The molecular weight excluding hydrogens is 270 g/mol. The van der Waals surface area contributed by atoms with Crippen molar-refractivity contribution < 1.29 is 0 Å². The number of alkyl halides is 1. The molecule has 2 aromatic carbocycles. The van der Waals surface area contributed by atoms with E-state index >= 15 is 0 Å². The van der Waals surface area contributed by atoms with Gasteiger partial charge in [0.15, 0.2) is 5.82 Å². The summed E-state index contributed by atoms with van der Waals surface area (Å²) >= 11 is 5.86. The van der Waals surface area contributed by atoms with Crippen LogP contribution in [0.2, 0.25) is 0 Å². The molecule has 0 saturated carbocycles. The molecule has 0 spiro atoms. The molecule has 3 nitrogen and oxygen atoms in total. The Labute approximate surface area is 122 Å². The third-order valence-corrected chi connectivity index (χ3v) is 3.52. The summed E-state index contributed by atoms with van der Waals surface area (Å²) in [6.45, 7) is 1.97. The maximum absolute atomic E-state index is 5.86. The zero-order chi connectivity index (χ0) is 13.9. The molecule has 0 aliphatic carbocycles. The molecule has 0 saturated heterocycles. The van der Waals surface area contributed by atoms with Crippen LogP contribution in [0.25, 0.3) is 10.8 Å². The smallest absolute Gasteiger partial charge is 0.160 e. The van der Waals surface area contributed by atoms with E-state index in [1.165, 1.54) is 0 Å². The minimum Gasteiger partial charge on any atom is -0.338 e. The first-order chi connectivity index (χ1) is 9.78. The van der Waals surface area contributed by atoms with E-state index < -0.39 is 0 Å². The Morgan fingerprint density at radius 3 is 2.60 bits per heavy atom. The molecule has 0 atom stereocenters. The molecule has 0 amide bonds. The van der Waals surface area contributed by atoms with Gasteiger partial charge in [0.1, 0.15) is 0 Å². The fourth-order valence-corrected chi connectivity index (χ4v) is 2.37. The van der Waals surface area contributed by atoms with Gasteiger partial charge in [-0.2, -0.15) is 5.10 Å². The molecule has 1 heterocycles. The minimum atomic E-state index is 0.496. The van der Waals surface area contributed by atoms with Crippen molar-refractivity contribution in [2.24, 2.45) is 0 Å². The average Bonchev–Trinajstić information content (AvgIpc) is 2.51. The van der Waals surface area contributed by atoms with Crippen LogP contribution >= 0.6 is 11.6 Å². The third kappa shape index (κ3) is 2.45. The van der Waals surface area contributed by atoms with Crippen LogP contribution in [0.1, 0.15) is 11.3 Å². The molecule has 1 aromatic heterocycles. The van der Waals surface area contributed by atoms with Crippen molar-refractivity contribution in [1.29, 1.82) is 0 Å². The maximum atomic E-state index is 5.86. The largest absolute Gasteiger partial charge is 0.338 e. The molecule has 0 aliphatic heterocycles. The number of fused-ring (bicyclic) bond motifs is 1. The third-order valence-electron chi connectivity index (χ3n) is 3.22. The highest BCUT2D eigenvalue weighted by Gasteiger charge is 2.06. The fourth-order valence-electron chi connectivity index (χ4n) is 2.20. The van der Waals surface area contributed by atoms with E-state index in [4.69, 9.17) is 11.6 Å². The van der Waals surface area contributed by atoms with E-state index in [9.17, 15) is 0 Å². The zero-order valence-electron chi connectivity index (χ0n) is 11.1. The van der Waals surface area contributed by atoms with E-state index in [2.05, 4.69) is 21.6 Å². The lowest BCUT2D eigenvalue weighted by molar-refractivity contribution is 1.01. The van der Waals surface area contributed by atoms with Crippen LogP contribution in [0.4, 0.5) is 11.5 Å². The van der Waals surface area contributed by atoms with Crippen LogP contribution in [0.5, 0.6) is 0 Å². The molecule has 0 fully saturated rings. The van der Waals surface area contributed by atoms with E-state index in [1.807, 2.05) is 49.4 Å². The molecule has 0 bridgehead atoms. The van der Waals surface area contributed by atoms with E-state index in [0.717, 1.165) is 33.5 Å². The summed E-state index contributed by atoms with van der Waals surface area (Å²) in [7, 11) is 0. The van der Waals surface area contributed by atoms with Gasteiger partial charge in [-0.3, -0.25) is 0 Å². The Morgan fingerprint density at radius 1 is 1.00 bits per heavy atom. The first-order valence-electron chi connectivity index (χ1n) is 6.42. The Kier molecular flexibility index (Phi) is 3.52. The van der Waals surface area contributed by atoms with Crippen LogP contribution in [-0.2, 0) is 5.88 Å².